The number of nitrogens with zero attached hydrogens (tertiary/aromatic N) is 1. The maximum atomic E-state index is 10.4. The summed E-state index contributed by atoms with van der Waals surface area (Å²) in [5.41, 5.74) is 5.97. The first-order valence-electron chi connectivity index (χ1n) is 8.09. The molecule has 23 heavy (non-hydrogen) atoms. The third-order valence-electron chi connectivity index (χ3n) is 4.50. The van der Waals surface area contributed by atoms with Gasteiger partial charge in [-0.15, -0.1) is 0 Å². The average molecular weight is 308 g/mol. The van der Waals surface area contributed by atoms with E-state index in [0.29, 0.717) is 13.1 Å². The highest BCUT2D eigenvalue weighted by molar-refractivity contribution is 5.85. The third-order valence-corrected chi connectivity index (χ3v) is 4.50. The molecule has 2 N–H and O–H groups in total. The van der Waals surface area contributed by atoms with E-state index in [1.807, 2.05) is 12.1 Å². The molecule has 0 saturated carbocycles. The second-order valence-corrected chi connectivity index (χ2v) is 6.24. The van der Waals surface area contributed by atoms with Crippen molar-refractivity contribution in [1.29, 1.82) is 0 Å². The van der Waals surface area contributed by atoms with E-state index in [4.69, 9.17) is 0 Å². The van der Waals surface area contributed by atoms with E-state index in [9.17, 15) is 5.11 Å². The Labute approximate surface area is 137 Å². The summed E-state index contributed by atoms with van der Waals surface area (Å²) >= 11 is 0. The Morgan fingerprint density at radius 2 is 1.83 bits per heavy atom. The van der Waals surface area contributed by atoms with Gasteiger partial charge in [0.1, 0.15) is 0 Å². The van der Waals surface area contributed by atoms with Gasteiger partial charge in [-0.1, -0.05) is 30.3 Å². The van der Waals surface area contributed by atoms with Crippen LogP contribution in [0.1, 0.15) is 16.8 Å². The van der Waals surface area contributed by atoms with Crippen LogP contribution >= 0.6 is 0 Å². The van der Waals surface area contributed by atoms with Crippen molar-refractivity contribution in [3.63, 3.8) is 0 Å². The summed E-state index contributed by atoms with van der Waals surface area (Å²) in [6, 6.07) is 16.6. The molecule has 0 aliphatic heterocycles. The summed E-state index contributed by atoms with van der Waals surface area (Å²) in [7, 11) is 0. The summed E-state index contributed by atoms with van der Waals surface area (Å²) in [4.78, 5) is 0. The summed E-state index contributed by atoms with van der Waals surface area (Å²) in [5.74, 6) is 0. The SMILES string of the molecule is Cc1cccc(NC[C@H](O)Cn2c(C)c(C)c3ccccc32)c1. The zero-order chi connectivity index (χ0) is 16.4. The number of hydrogen-bond acceptors (Lipinski definition) is 2. The van der Waals surface area contributed by atoms with Gasteiger partial charge >= 0.3 is 0 Å². The molecule has 0 aliphatic carbocycles. The standard InChI is InChI=1S/C20H24N2O/c1-14-7-6-8-17(11-14)21-12-18(23)13-22-16(3)15(2)19-9-4-5-10-20(19)22/h4-11,18,21,23H,12-13H2,1-3H3/t18-/m0/s1. The Bertz CT molecular complexity index is 820. The van der Waals surface area contributed by atoms with Crippen molar-refractivity contribution in [1.82, 2.24) is 4.57 Å². The van der Waals surface area contributed by atoms with Crippen LogP contribution in [0.4, 0.5) is 5.69 Å². The molecule has 1 heterocycles. The highest BCUT2D eigenvalue weighted by atomic mass is 16.3. The van der Waals surface area contributed by atoms with Gasteiger partial charge in [-0.05, 0) is 50.1 Å². The molecule has 3 nitrogen and oxygen atoms in total. The second-order valence-electron chi connectivity index (χ2n) is 6.24. The molecular formula is C20H24N2O. The van der Waals surface area contributed by atoms with Crippen molar-refractivity contribution in [3.05, 3.63) is 65.4 Å². The summed E-state index contributed by atoms with van der Waals surface area (Å²) in [6.07, 6.45) is -0.440. The normalized spacial score (nSPS) is 12.5. The van der Waals surface area contributed by atoms with Gasteiger partial charge in [0.25, 0.3) is 0 Å². The summed E-state index contributed by atoms with van der Waals surface area (Å²) in [5, 5.41) is 15.0. The molecule has 3 rings (SSSR count). The van der Waals surface area contributed by atoms with Gasteiger partial charge in [0, 0.05) is 28.8 Å². The minimum atomic E-state index is -0.440. The number of nitrogens with one attached hydrogen (secondary N) is 1. The van der Waals surface area contributed by atoms with E-state index in [1.165, 1.54) is 27.7 Å². The van der Waals surface area contributed by atoms with E-state index in [2.05, 4.69) is 67.1 Å². The maximum Gasteiger partial charge on any atom is 0.0891 e. The molecule has 0 bridgehead atoms. The van der Waals surface area contributed by atoms with Crippen LogP contribution in [0, 0.1) is 20.8 Å². The molecule has 3 aromatic rings. The highest BCUT2D eigenvalue weighted by Crippen LogP contribution is 2.25. The maximum absolute atomic E-state index is 10.4. The Kier molecular flexibility index (Phi) is 4.39. The largest absolute Gasteiger partial charge is 0.389 e. The molecule has 0 fully saturated rings. The number of benzene rings is 2. The highest BCUT2D eigenvalue weighted by Gasteiger charge is 2.13. The van der Waals surface area contributed by atoms with Crippen LogP contribution < -0.4 is 5.32 Å². The first-order valence-corrected chi connectivity index (χ1v) is 8.09. The lowest BCUT2D eigenvalue weighted by atomic mass is 10.2. The van der Waals surface area contributed by atoms with Gasteiger partial charge in [-0.2, -0.15) is 0 Å². The lowest BCUT2D eigenvalue weighted by Gasteiger charge is -2.16. The van der Waals surface area contributed by atoms with Crippen LogP contribution in [-0.4, -0.2) is 22.3 Å². The van der Waals surface area contributed by atoms with Crippen molar-refractivity contribution in [2.45, 2.75) is 33.4 Å². The number of rotatable bonds is 5. The quantitative estimate of drug-likeness (QED) is 0.746. The van der Waals surface area contributed by atoms with Crippen molar-refractivity contribution >= 4 is 16.6 Å². The number of aliphatic hydroxyl groups excluding tert-OH is 1. The zero-order valence-corrected chi connectivity index (χ0v) is 14.0. The number of aliphatic hydroxyl groups is 1. The van der Waals surface area contributed by atoms with E-state index in [1.54, 1.807) is 0 Å². The summed E-state index contributed by atoms with van der Waals surface area (Å²) in [6.45, 7) is 7.47. The van der Waals surface area contributed by atoms with Gasteiger partial charge in [-0.3, -0.25) is 0 Å². The van der Waals surface area contributed by atoms with Crippen molar-refractivity contribution < 1.29 is 5.11 Å². The Hall–Kier alpha value is -2.26. The minimum Gasteiger partial charge on any atom is -0.389 e. The number of aryl methyl sites for hydroxylation is 2. The third kappa shape index (κ3) is 3.25. The Morgan fingerprint density at radius 1 is 1.04 bits per heavy atom. The van der Waals surface area contributed by atoms with E-state index >= 15 is 0 Å². The van der Waals surface area contributed by atoms with Gasteiger partial charge < -0.3 is 15.0 Å². The van der Waals surface area contributed by atoms with E-state index in [0.717, 1.165) is 5.69 Å². The fraction of sp³-hybridized carbons (Fsp3) is 0.300. The Morgan fingerprint density at radius 3 is 2.61 bits per heavy atom. The van der Waals surface area contributed by atoms with Gasteiger partial charge in [0.15, 0.2) is 0 Å². The van der Waals surface area contributed by atoms with Crippen LogP contribution in [0.3, 0.4) is 0 Å². The van der Waals surface area contributed by atoms with Crippen LogP contribution in [0.2, 0.25) is 0 Å². The number of anilines is 1. The Balaban J connectivity index is 1.73. The van der Waals surface area contributed by atoms with E-state index in [-0.39, 0.29) is 0 Å². The second kappa shape index (κ2) is 6.47. The molecule has 3 heteroatoms. The molecule has 0 spiro atoms. The summed E-state index contributed by atoms with van der Waals surface area (Å²) < 4.78 is 2.22. The molecule has 2 aromatic carbocycles. The van der Waals surface area contributed by atoms with Crippen molar-refractivity contribution in [3.8, 4) is 0 Å². The lowest BCUT2D eigenvalue weighted by molar-refractivity contribution is 0.167. The van der Waals surface area contributed by atoms with Gasteiger partial charge in [-0.25, -0.2) is 0 Å². The van der Waals surface area contributed by atoms with Crippen molar-refractivity contribution in [2.75, 3.05) is 11.9 Å². The van der Waals surface area contributed by atoms with Crippen molar-refractivity contribution in [2.24, 2.45) is 0 Å². The molecule has 0 amide bonds. The minimum absolute atomic E-state index is 0.440. The first-order chi connectivity index (χ1) is 11.1. The number of aromatic nitrogens is 1. The van der Waals surface area contributed by atoms with Crippen LogP contribution in [0.15, 0.2) is 48.5 Å². The molecule has 0 aliphatic rings. The molecule has 1 aromatic heterocycles. The van der Waals surface area contributed by atoms with Crippen LogP contribution in [-0.2, 0) is 6.54 Å². The molecule has 0 unspecified atom stereocenters. The topological polar surface area (TPSA) is 37.2 Å². The zero-order valence-electron chi connectivity index (χ0n) is 14.0. The molecule has 0 radical (unpaired) electrons. The van der Waals surface area contributed by atoms with Crippen LogP contribution in [0.5, 0.6) is 0 Å². The molecule has 1 atom stereocenters. The monoisotopic (exact) mass is 308 g/mol. The van der Waals surface area contributed by atoms with E-state index < -0.39 is 6.10 Å². The molecule has 120 valence electrons. The molecular weight excluding hydrogens is 284 g/mol. The van der Waals surface area contributed by atoms with Crippen LogP contribution in [0.25, 0.3) is 10.9 Å². The fourth-order valence-electron chi connectivity index (χ4n) is 3.11. The number of fused-ring (bicyclic) bond motifs is 1. The fourth-order valence-corrected chi connectivity index (χ4v) is 3.11. The average Bonchev–Trinajstić information content (AvgIpc) is 2.79. The predicted octanol–water partition coefficient (Wildman–Crippen LogP) is 4.04. The predicted molar refractivity (Wildman–Crippen MR) is 97.1 cm³/mol. The van der Waals surface area contributed by atoms with Gasteiger partial charge in [0.05, 0.1) is 12.6 Å². The lowest BCUT2D eigenvalue weighted by Crippen LogP contribution is -2.25. The van der Waals surface area contributed by atoms with Gasteiger partial charge in [0.2, 0.25) is 0 Å². The number of hydrogen-bond donors (Lipinski definition) is 2. The smallest absolute Gasteiger partial charge is 0.0891 e. The molecule has 0 saturated heterocycles. The number of para-hydroxylation sites is 1. The first kappa shape index (κ1) is 15.6.